The third-order valence-electron chi connectivity index (χ3n) is 5.86. The molecule has 0 aliphatic heterocycles. The molecule has 1 N–H and O–H groups in total. The van der Waals surface area contributed by atoms with Crippen molar-refractivity contribution in [2.24, 2.45) is 0 Å². The summed E-state index contributed by atoms with van der Waals surface area (Å²) in [6.07, 6.45) is 0. The summed E-state index contributed by atoms with van der Waals surface area (Å²) >= 11 is 0. The van der Waals surface area contributed by atoms with Gasteiger partial charge in [-0.3, -0.25) is 13.9 Å². The van der Waals surface area contributed by atoms with Gasteiger partial charge in [0.2, 0.25) is 11.8 Å². The van der Waals surface area contributed by atoms with Crippen molar-refractivity contribution in [2.75, 3.05) is 10.8 Å². The number of nitrogens with one attached hydrogen (secondary N) is 1. The zero-order valence-corrected chi connectivity index (χ0v) is 23.1. The van der Waals surface area contributed by atoms with Gasteiger partial charge in [0.1, 0.15) is 18.4 Å². The molecule has 0 saturated carbocycles. The molecular weight excluding hydrogens is 505 g/mol. The van der Waals surface area contributed by atoms with Gasteiger partial charge >= 0.3 is 0 Å². The zero-order chi connectivity index (χ0) is 28.1. The summed E-state index contributed by atoms with van der Waals surface area (Å²) in [5.74, 6) is -1.49. The van der Waals surface area contributed by atoms with Crippen molar-refractivity contribution in [3.63, 3.8) is 0 Å². The van der Waals surface area contributed by atoms with Crippen molar-refractivity contribution in [1.82, 2.24) is 10.2 Å². The van der Waals surface area contributed by atoms with Crippen LogP contribution in [0.4, 0.5) is 10.1 Å². The maximum atomic E-state index is 13.8. The van der Waals surface area contributed by atoms with E-state index in [-0.39, 0.29) is 23.0 Å². The molecule has 0 aliphatic rings. The van der Waals surface area contributed by atoms with Gasteiger partial charge < -0.3 is 10.2 Å². The van der Waals surface area contributed by atoms with Crippen LogP contribution in [-0.4, -0.2) is 43.3 Å². The Kier molecular flexibility index (Phi) is 8.93. The van der Waals surface area contributed by atoms with E-state index in [1.807, 2.05) is 52.0 Å². The first-order valence-corrected chi connectivity index (χ1v) is 13.7. The molecule has 0 fully saturated rings. The Labute approximate surface area is 224 Å². The Bertz CT molecular complexity index is 1350. The van der Waals surface area contributed by atoms with Crippen LogP contribution < -0.4 is 9.62 Å². The summed E-state index contributed by atoms with van der Waals surface area (Å²) in [6.45, 7) is 8.65. The fraction of sp³-hybridized carbons (Fsp3) is 0.310. The topological polar surface area (TPSA) is 86.8 Å². The standard InChI is InChI=1S/C29H34FN3O4S/c1-21-11-13-23(14-12-21)19-32(22(2)28(35)31-29(3,4)5)27(34)20-33(25-9-7-6-8-10-25)38(36,37)26-17-15-24(30)16-18-26/h6-18,22H,19-20H2,1-5H3,(H,31,35). The highest BCUT2D eigenvalue weighted by Crippen LogP contribution is 2.24. The average Bonchev–Trinajstić information content (AvgIpc) is 2.86. The molecule has 9 heteroatoms. The minimum Gasteiger partial charge on any atom is -0.350 e. The lowest BCUT2D eigenvalue weighted by molar-refractivity contribution is -0.140. The van der Waals surface area contributed by atoms with Crippen molar-refractivity contribution < 1.29 is 22.4 Å². The first-order chi connectivity index (χ1) is 17.8. The molecule has 0 saturated heterocycles. The van der Waals surface area contributed by atoms with E-state index in [4.69, 9.17) is 0 Å². The number of rotatable bonds is 9. The second-order valence-corrected chi connectivity index (χ2v) is 12.1. The van der Waals surface area contributed by atoms with Crippen LogP contribution >= 0.6 is 0 Å². The van der Waals surface area contributed by atoms with Crippen molar-refractivity contribution in [3.8, 4) is 0 Å². The fourth-order valence-electron chi connectivity index (χ4n) is 3.80. The third-order valence-corrected chi connectivity index (χ3v) is 7.65. The molecule has 0 heterocycles. The van der Waals surface area contributed by atoms with Gasteiger partial charge in [-0.05, 0) is 76.6 Å². The van der Waals surface area contributed by atoms with Crippen LogP contribution in [0.2, 0.25) is 0 Å². The van der Waals surface area contributed by atoms with E-state index in [1.54, 1.807) is 37.3 Å². The number of carbonyl (C=O) groups excluding carboxylic acids is 2. The van der Waals surface area contributed by atoms with Crippen LogP contribution in [0.3, 0.4) is 0 Å². The van der Waals surface area contributed by atoms with Crippen LogP contribution in [0.15, 0.2) is 83.8 Å². The van der Waals surface area contributed by atoms with Gasteiger partial charge in [-0.15, -0.1) is 0 Å². The molecule has 0 radical (unpaired) electrons. The maximum absolute atomic E-state index is 13.8. The number of hydrogen-bond acceptors (Lipinski definition) is 4. The Morgan fingerprint density at radius 3 is 2.05 bits per heavy atom. The normalized spacial score (nSPS) is 12.5. The predicted molar refractivity (Wildman–Crippen MR) is 146 cm³/mol. The molecule has 7 nitrogen and oxygen atoms in total. The Hall–Kier alpha value is -3.72. The molecule has 3 rings (SSSR count). The smallest absolute Gasteiger partial charge is 0.264 e. The molecule has 3 aromatic carbocycles. The van der Waals surface area contributed by atoms with E-state index in [0.717, 1.165) is 39.7 Å². The van der Waals surface area contributed by atoms with E-state index in [2.05, 4.69) is 5.32 Å². The van der Waals surface area contributed by atoms with Crippen LogP contribution in [0.5, 0.6) is 0 Å². The average molecular weight is 540 g/mol. The highest BCUT2D eigenvalue weighted by atomic mass is 32.2. The number of halogens is 1. The lowest BCUT2D eigenvalue weighted by Gasteiger charge is -2.33. The summed E-state index contributed by atoms with van der Waals surface area (Å²) in [6, 6.07) is 19.3. The second-order valence-electron chi connectivity index (χ2n) is 10.2. The lowest BCUT2D eigenvalue weighted by Crippen LogP contribution is -2.54. The largest absolute Gasteiger partial charge is 0.350 e. The highest BCUT2D eigenvalue weighted by Gasteiger charge is 2.33. The second kappa shape index (κ2) is 11.8. The Morgan fingerprint density at radius 2 is 1.50 bits per heavy atom. The zero-order valence-electron chi connectivity index (χ0n) is 22.3. The van der Waals surface area contributed by atoms with Gasteiger partial charge in [0, 0.05) is 12.1 Å². The van der Waals surface area contributed by atoms with Gasteiger partial charge in [0.25, 0.3) is 10.0 Å². The van der Waals surface area contributed by atoms with E-state index in [9.17, 15) is 22.4 Å². The number of para-hydroxylation sites is 1. The monoisotopic (exact) mass is 539 g/mol. The summed E-state index contributed by atoms with van der Waals surface area (Å²) < 4.78 is 41.8. The fourth-order valence-corrected chi connectivity index (χ4v) is 5.22. The van der Waals surface area contributed by atoms with Crippen LogP contribution in [0, 0.1) is 12.7 Å². The molecule has 2 amide bonds. The van der Waals surface area contributed by atoms with E-state index in [0.29, 0.717) is 0 Å². The number of nitrogens with zero attached hydrogens (tertiary/aromatic N) is 2. The van der Waals surface area contributed by atoms with E-state index >= 15 is 0 Å². The van der Waals surface area contributed by atoms with Crippen molar-refractivity contribution in [1.29, 1.82) is 0 Å². The molecule has 0 aromatic heterocycles. The first kappa shape index (κ1) is 28.8. The molecule has 0 bridgehead atoms. The molecule has 3 aromatic rings. The first-order valence-electron chi connectivity index (χ1n) is 12.3. The Balaban J connectivity index is 2.00. The molecule has 0 spiro atoms. The molecule has 1 unspecified atom stereocenters. The van der Waals surface area contributed by atoms with Crippen molar-refractivity contribution in [2.45, 2.75) is 57.6 Å². The molecule has 38 heavy (non-hydrogen) atoms. The molecule has 1 atom stereocenters. The summed E-state index contributed by atoms with van der Waals surface area (Å²) in [7, 11) is -4.23. The number of amides is 2. The van der Waals surface area contributed by atoms with Crippen molar-refractivity contribution in [3.05, 3.63) is 95.8 Å². The van der Waals surface area contributed by atoms with Crippen molar-refractivity contribution >= 4 is 27.5 Å². The highest BCUT2D eigenvalue weighted by molar-refractivity contribution is 7.92. The van der Waals surface area contributed by atoms with Gasteiger partial charge in [0.05, 0.1) is 10.6 Å². The van der Waals surface area contributed by atoms with Gasteiger partial charge in [-0.2, -0.15) is 0 Å². The van der Waals surface area contributed by atoms with Crippen LogP contribution in [0.25, 0.3) is 0 Å². The third kappa shape index (κ3) is 7.41. The summed E-state index contributed by atoms with van der Waals surface area (Å²) in [5.41, 5.74) is 1.59. The number of benzene rings is 3. The van der Waals surface area contributed by atoms with Crippen LogP contribution in [-0.2, 0) is 26.2 Å². The number of carbonyl (C=O) groups is 2. The lowest BCUT2D eigenvalue weighted by atomic mass is 10.1. The molecule has 202 valence electrons. The summed E-state index contributed by atoms with van der Waals surface area (Å²) in [5, 5.41) is 2.90. The van der Waals surface area contributed by atoms with Gasteiger partial charge in [0.15, 0.2) is 0 Å². The minimum atomic E-state index is -4.23. The maximum Gasteiger partial charge on any atom is 0.264 e. The molecule has 0 aliphatic carbocycles. The number of hydrogen-bond donors (Lipinski definition) is 1. The van der Waals surface area contributed by atoms with E-state index in [1.165, 1.54) is 4.90 Å². The van der Waals surface area contributed by atoms with Gasteiger partial charge in [-0.25, -0.2) is 12.8 Å². The predicted octanol–water partition coefficient (Wildman–Crippen LogP) is 4.66. The Morgan fingerprint density at radius 1 is 0.921 bits per heavy atom. The quantitative estimate of drug-likeness (QED) is 0.429. The van der Waals surface area contributed by atoms with Crippen LogP contribution in [0.1, 0.15) is 38.8 Å². The molecular formula is C29H34FN3O4S. The minimum absolute atomic E-state index is 0.108. The SMILES string of the molecule is Cc1ccc(CN(C(=O)CN(c2ccccc2)S(=O)(=O)c2ccc(F)cc2)C(C)C(=O)NC(C)(C)C)cc1. The number of sulfonamides is 1. The van der Waals surface area contributed by atoms with E-state index < -0.39 is 39.9 Å². The number of anilines is 1. The number of aryl methyl sites for hydroxylation is 1. The summed E-state index contributed by atoms with van der Waals surface area (Å²) in [4.78, 5) is 28.1. The van der Waals surface area contributed by atoms with Gasteiger partial charge in [-0.1, -0.05) is 48.0 Å².